The van der Waals surface area contributed by atoms with Crippen LogP contribution in [0.5, 0.6) is 0 Å². The Balaban J connectivity index is 1.89. The van der Waals surface area contributed by atoms with Crippen molar-refractivity contribution in [3.05, 3.63) is 12.2 Å². The van der Waals surface area contributed by atoms with E-state index >= 15 is 0 Å². The Labute approximate surface area is 126 Å². The van der Waals surface area contributed by atoms with Crippen molar-refractivity contribution < 1.29 is 0 Å². The lowest BCUT2D eigenvalue weighted by Crippen LogP contribution is -2.27. The zero-order chi connectivity index (χ0) is 14.5. The average molecular weight is 278 g/mol. The summed E-state index contributed by atoms with van der Waals surface area (Å²) in [6, 6.07) is 0. The van der Waals surface area contributed by atoms with Crippen molar-refractivity contribution in [3.63, 3.8) is 0 Å². The van der Waals surface area contributed by atoms with E-state index in [9.17, 15) is 0 Å². The van der Waals surface area contributed by atoms with Crippen LogP contribution in [0.3, 0.4) is 0 Å². The van der Waals surface area contributed by atoms with Crippen molar-refractivity contribution in [1.29, 1.82) is 0 Å². The highest BCUT2D eigenvalue weighted by molar-refractivity contribution is 5.83. The van der Waals surface area contributed by atoms with Gasteiger partial charge in [0.25, 0.3) is 0 Å². The maximum Gasteiger partial charge on any atom is 0.0990 e. The molecule has 1 aliphatic heterocycles. The summed E-state index contributed by atoms with van der Waals surface area (Å²) >= 11 is 0. The number of rotatable bonds is 12. The van der Waals surface area contributed by atoms with Crippen LogP contribution in [0.1, 0.15) is 78.1 Å². The normalized spacial score (nSPS) is 15.3. The highest BCUT2D eigenvalue weighted by Gasteiger charge is 2.12. The van der Waals surface area contributed by atoms with E-state index in [0.717, 1.165) is 26.1 Å². The number of nitrogens with zero attached hydrogens (tertiary/aromatic N) is 2. The highest BCUT2D eigenvalue weighted by atomic mass is 15.2. The highest BCUT2D eigenvalue weighted by Crippen LogP contribution is 2.10. The quantitative estimate of drug-likeness (QED) is 0.354. The van der Waals surface area contributed by atoms with Gasteiger partial charge >= 0.3 is 0 Å². The predicted molar refractivity (Wildman–Crippen MR) is 90.5 cm³/mol. The molecule has 0 unspecified atom stereocenters. The molecule has 0 fully saturated rings. The molecule has 1 rings (SSSR count). The van der Waals surface area contributed by atoms with Crippen molar-refractivity contribution in [2.75, 3.05) is 19.6 Å². The molecule has 0 aromatic rings. The first-order valence-electron chi connectivity index (χ1n) is 8.81. The van der Waals surface area contributed by atoms with Gasteiger partial charge in [-0.3, -0.25) is 4.99 Å². The van der Waals surface area contributed by atoms with Crippen LogP contribution in [0.15, 0.2) is 17.1 Å². The Morgan fingerprint density at radius 3 is 2.35 bits per heavy atom. The fourth-order valence-corrected chi connectivity index (χ4v) is 2.78. The molecule has 0 saturated heterocycles. The van der Waals surface area contributed by atoms with E-state index in [0.29, 0.717) is 0 Å². The van der Waals surface area contributed by atoms with Crippen molar-refractivity contribution in [1.82, 2.24) is 4.90 Å². The molecule has 1 aliphatic rings. The second-order valence-corrected chi connectivity index (χ2v) is 5.83. The summed E-state index contributed by atoms with van der Waals surface area (Å²) < 4.78 is 0. The maximum absolute atomic E-state index is 4.51. The Morgan fingerprint density at radius 2 is 1.65 bits per heavy atom. The Hall–Kier alpha value is -0.790. The van der Waals surface area contributed by atoms with E-state index in [2.05, 4.69) is 35.9 Å². The SMILES string of the molecule is CCCCCCCCCCC=CCN1CCN=C1CC. The van der Waals surface area contributed by atoms with Crippen LogP contribution in [0.2, 0.25) is 0 Å². The molecule has 116 valence electrons. The minimum atomic E-state index is 0.995. The van der Waals surface area contributed by atoms with E-state index in [1.165, 1.54) is 63.6 Å². The molecule has 0 amide bonds. The molecule has 0 radical (unpaired) electrons. The van der Waals surface area contributed by atoms with Crippen LogP contribution in [0.4, 0.5) is 0 Å². The first-order chi connectivity index (χ1) is 9.88. The van der Waals surface area contributed by atoms with E-state index < -0.39 is 0 Å². The van der Waals surface area contributed by atoms with Gasteiger partial charge in [0.05, 0.1) is 12.4 Å². The third-order valence-electron chi connectivity index (χ3n) is 4.06. The summed E-state index contributed by atoms with van der Waals surface area (Å²) in [7, 11) is 0. The molecule has 20 heavy (non-hydrogen) atoms. The Kier molecular flexibility index (Phi) is 10.3. The zero-order valence-corrected chi connectivity index (χ0v) is 13.7. The van der Waals surface area contributed by atoms with Gasteiger partial charge in [0.2, 0.25) is 0 Å². The number of hydrogen-bond donors (Lipinski definition) is 0. The molecule has 0 aliphatic carbocycles. The van der Waals surface area contributed by atoms with Gasteiger partial charge in [-0.15, -0.1) is 0 Å². The van der Waals surface area contributed by atoms with Gasteiger partial charge in [-0.05, 0) is 12.8 Å². The van der Waals surface area contributed by atoms with Crippen molar-refractivity contribution in [2.45, 2.75) is 78.1 Å². The van der Waals surface area contributed by atoms with Crippen LogP contribution < -0.4 is 0 Å². The predicted octanol–water partition coefficient (Wildman–Crippen LogP) is 5.20. The van der Waals surface area contributed by atoms with Crippen LogP contribution in [-0.4, -0.2) is 30.4 Å². The number of allylic oxidation sites excluding steroid dienone is 1. The molecule has 1 heterocycles. The zero-order valence-electron chi connectivity index (χ0n) is 13.7. The monoisotopic (exact) mass is 278 g/mol. The molecule has 0 saturated carbocycles. The van der Waals surface area contributed by atoms with Crippen molar-refractivity contribution in [3.8, 4) is 0 Å². The lowest BCUT2D eigenvalue weighted by atomic mass is 10.1. The second-order valence-electron chi connectivity index (χ2n) is 5.83. The summed E-state index contributed by atoms with van der Waals surface area (Å²) in [4.78, 5) is 6.92. The van der Waals surface area contributed by atoms with Gasteiger partial charge in [0, 0.05) is 19.5 Å². The van der Waals surface area contributed by atoms with E-state index in [4.69, 9.17) is 0 Å². The van der Waals surface area contributed by atoms with Crippen molar-refractivity contribution in [2.24, 2.45) is 4.99 Å². The average Bonchev–Trinajstić information content (AvgIpc) is 2.92. The topological polar surface area (TPSA) is 15.6 Å². The summed E-state index contributed by atoms with van der Waals surface area (Å²) in [5, 5.41) is 0. The largest absolute Gasteiger partial charge is 0.355 e. The number of unbranched alkanes of at least 4 members (excludes halogenated alkanes) is 8. The van der Waals surface area contributed by atoms with E-state index in [1.807, 2.05) is 0 Å². The number of amidine groups is 1. The third-order valence-corrected chi connectivity index (χ3v) is 4.06. The Bertz CT molecular complexity index is 281. The van der Waals surface area contributed by atoms with E-state index in [-0.39, 0.29) is 0 Å². The molecule has 0 N–H and O–H groups in total. The maximum atomic E-state index is 4.51. The van der Waals surface area contributed by atoms with Gasteiger partial charge in [0.1, 0.15) is 0 Å². The number of aliphatic imine (C=N–C) groups is 1. The van der Waals surface area contributed by atoms with Crippen LogP contribution in [0, 0.1) is 0 Å². The molecule has 2 nitrogen and oxygen atoms in total. The van der Waals surface area contributed by atoms with Gasteiger partial charge in [-0.1, -0.05) is 70.9 Å². The lowest BCUT2D eigenvalue weighted by molar-refractivity contribution is 0.498. The summed E-state index contributed by atoms with van der Waals surface area (Å²) in [5.41, 5.74) is 0. The second kappa shape index (κ2) is 12.0. The summed E-state index contributed by atoms with van der Waals surface area (Å²) in [6.45, 7) is 7.65. The van der Waals surface area contributed by atoms with E-state index in [1.54, 1.807) is 0 Å². The number of hydrogen-bond acceptors (Lipinski definition) is 2. The van der Waals surface area contributed by atoms with Gasteiger partial charge in [0.15, 0.2) is 0 Å². The van der Waals surface area contributed by atoms with Crippen LogP contribution in [-0.2, 0) is 0 Å². The summed E-state index contributed by atoms with van der Waals surface area (Å²) in [5.74, 6) is 1.29. The molecular formula is C18H34N2. The summed E-state index contributed by atoms with van der Waals surface area (Å²) in [6.07, 6.45) is 18.3. The molecule has 0 spiro atoms. The smallest absolute Gasteiger partial charge is 0.0990 e. The Morgan fingerprint density at radius 1 is 0.950 bits per heavy atom. The fourth-order valence-electron chi connectivity index (χ4n) is 2.78. The van der Waals surface area contributed by atoms with Gasteiger partial charge in [-0.2, -0.15) is 0 Å². The molecule has 0 bridgehead atoms. The van der Waals surface area contributed by atoms with Crippen LogP contribution >= 0.6 is 0 Å². The first-order valence-corrected chi connectivity index (χ1v) is 8.81. The minimum Gasteiger partial charge on any atom is -0.355 e. The van der Waals surface area contributed by atoms with Crippen molar-refractivity contribution >= 4 is 5.84 Å². The van der Waals surface area contributed by atoms with Gasteiger partial charge in [-0.25, -0.2) is 0 Å². The standard InChI is InChI=1S/C18H34N2/c1-3-5-6-7-8-9-10-11-12-13-14-16-20-17-15-19-18(20)4-2/h13-14H,3-12,15-17H2,1-2H3. The molecule has 0 aromatic heterocycles. The molecule has 2 heteroatoms. The minimum absolute atomic E-state index is 0.995. The molecular weight excluding hydrogens is 244 g/mol. The van der Waals surface area contributed by atoms with Gasteiger partial charge < -0.3 is 4.90 Å². The third kappa shape index (κ3) is 7.72. The van der Waals surface area contributed by atoms with Crippen LogP contribution in [0.25, 0.3) is 0 Å². The fraction of sp³-hybridized carbons (Fsp3) is 0.833. The lowest BCUT2D eigenvalue weighted by Gasteiger charge is -2.16. The molecule has 0 atom stereocenters. The first kappa shape index (κ1) is 17.3. The molecule has 0 aromatic carbocycles.